The standard InChI is InChI=1S/C29H22IN3O5S2/c1-16-2-4-17(5-3-16)15-39-29-32-31-28(40-29)33-24(18-6-9-20(30)10-7-18)23(26(35)27(33)36)25(34)19-8-11-21-22(14-19)38-13-12-37-21/h2-11,14,24,34H,12-13,15H2,1H3. The molecule has 0 radical (unpaired) electrons. The lowest BCUT2D eigenvalue weighted by molar-refractivity contribution is -0.132. The van der Waals surface area contributed by atoms with Crippen molar-refractivity contribution in [3.63, 3.8) is 0 Å². The summed E-state index contributed by atoms with van der Waals surface area (Å²) in [4.78, 5) is 28.3. The predicted molar refractivity (Wildman–Crippen MR) is 162 cm³/mol. The molecule has 11 heteroatoms. The molecule has 0 bridgehead atoms. The topological polar surface area (TPSA) is 102 Å². The highest BCUT2D eigenvalue weighted by molar-refractivity contribution is 14.1. The molecule has 1 N–H and O–H groups in total. The lowest BCUT2D eigenvalue weighted by Crippen LogP contribution is -2.29. The minimum atomic E-state index is -0.881. The molecule has 0 aliphatic carbocycles. The summed E-state index contributed by atoms with van der Waals surface area (Å²) in [5.41, 5.74) is 3.33. The number of fused-ring (bicyclic) bond motifs is 1. The molecule has 2 aliphatic heterocycles. The number of nitrogens with zero attached hydrogens (tertiary/aromatic N) is 3. The van der Waals surface area contributed by atoms with E-state index in [-0.39, 0.29) is 11.3 Å². The van der Waals surface area contributed by atoms with Gasteiger partial charge in [-0.3, -0.25) is 14.5 Å². The predicted octanol–water partition coefficient (Wildman–Crippen LogP) is 6.14. The van der Waals surface area contributed by atoms with Gasteiger partial charge < -0.3 is 14.6 Å². The molecule has 3 heterocycles. The van der Waals surface area contributed by atoms with Gasteiger partial charge in [0.2, 0.25) is 5.13 Å². The normalized spacial score (nSPS) is 17.9. The first-order chi connectivity index (χ1) is 19.4. The van der Waals surface area contributed by atoms with Crippen molar-refractivity contribution in [2.24, 2.45) is 0 Å². The van der Waals surface area contributed by atoms with Crippen LogP contribution >= 0.6 is 45.7 Å². The van der Waals surface area contributed by atoms with Crippen LogP contribution < -0.4 is 14.4 Å². The van der Waals surface area contributed by atoms with E-state index >= 15 is 0 Å². The Morgan fingerprint density at radius 3 is 2.50 bits per heavy atom. The summed E-state index contributed by atoms with van der Waals surface area (Å²) in [5.74, 6) is -0.135. The zero-order valence-electron chi connectivity index (χ0n) is 21.2. The second-order valence-electron chi connectivity index (χ2n) is 9.20. The highest BCUT2D eigenvalue weighted by Gasteiger charge is 2.48. The Morgan fingerprint density at radius 1 is 1.02 bits per heavy atom. The number of Topliss-reactive ketones (excluding diaryl/α,β-unsaturated/α-hetero) is 1. The van der Waals surface area contributed by atoms with Crippen LogP contribution in [0.15, 0.2) is 76.6 Å². The van der Waals surface area contributed by atoms with Crippen LogP contribution in [0.4, 0.5) is 5.13 Å². The second kappa shape index (κ2) is 11.2. The van der Waals surface area contributed by atoms with E-state index in [1.54, 1.807) is 18.2 Å². The average molecular weight is 684 g/mol. The Balaban J connectivity index is 1.38. The molecule has 2 aliphatic rings. The van der Waals surface area contributed by atoms with Gasteiger partial charge in [-0.05, 0) is 71.0 Å². The Labute approximate surface area is 252 Å². The van der Waals surface area contributed by atoms with Gasteiger partial charge in [0, 0.05) is 14.9 Å². The Hall–Kier alpha value is -3.42. The molecule has 6 rings (SSSR count). The Kier molecular flexibility index (Phi) is 7.51. The average Bonchev–Trinajstić information content (AvgIpc) is 3.54. The molecule has 0 saturated carbocycles. The SMILES string of the molecule is Cc1ccc(CSc2nnc(N3C(=O)C(=O)C(=C(O)c4ccc5c(c4)OCCO5)C3c3ccc(I)cc3)s2)cc1. The fraction of sp³-hybridized carbons (Fsp3) is 0.172. The molecule has 1 unspecified atom stereocenters. The first kappa shape index (κ1) is 26.8. The van der Waals surface area contributed by atoms with Crippen molar-refractivity contribution in [3.8, 4) is 11.5 Å². The summed E-state index contributed by atoms with van der Waals surface area (Å²) in [5, 5.41) is 20.3. The van der Waals surface area contributed by atoms with Gasteiger partial charge in [-0.1, -0.05) is 65.1 Å². The van der Waals surface area contributed by atoms with Crippen LogP contribution in [0, 0.1) is 10.5 Å². The van der Waals surface area contributed by atoms with Crippen LogP contribution in [-0.2, 0) is 15.3 Å². The highest BCUT2D eigenvalue weighted by atomic mass is 127. The summed E-state index contributed by atoms with van der Waals surface area (Å²) < 4.78 is 12.9. The number of aryl methyl sites for hydroxylation is 1. The van der Waals surface area contributed by atoms with Crippen molar-refractivity contribution in [1.29, 1.82) is 0 Å². The van der Waals surface area contributed by atoms with E-state index in [1.165, 1.54) is 33.6 Å². The van der Waals surface area contributed by atoms with Gasteiger partial charge in [-0.25, -0.2) is 0 Å². The molecule has 8 nitrogen and oxygen atoms in total. The summed E-state index contributed by atoms with van der Waals surface area (Å²) in [6, 6.07) is 19.8. The van der Waals surface area contributed by atoms with Crippen molar-refractivity contribution >= 4 is 68.3 Å². The van der Waals surface area contributed by atoms with Gasteiger partial charge in [-0.2, -0.15) is 0 Å². The molecular formula is C29H22IN3O5S2. The third kappa shape index (κ3) is 5.20. The van der Waals surface area contributed by atoms with Crippen molar-refractivity contribution in [3.05, 3.63) is 98.1 Å². The third-order valence-electron chi connectivity index (χ3n) is 6.53. The fourth-order valence-electron chi connectivity index (χ4n) is 4.52. The number of aromatic nitrogens is 2. The van der Waals surface area contributed by atoms with Crippen LogP contribution in [0.25, 0.3) is 5.76 Å². The number of thioether (sulfide) groups is 1. The summed E-state index contributed by atoms with van der Waals surface area (Å²) in [6.07, 6.45) is 0. The fourth-order valence-corrected chi connectivity index (χ4v) is 6.71. The van der Waals surface area contributed by atoms with E-state index in [1.807, 2.05) is 31.2 Å². The summed E-state index contributed by atoms with van der Waals surface area (Å²) in [6.45, 7) is 2.86. The monoisotopic (exact) mass is 683 g/mol. The molecule has 4 aromatic rings. The third-order valence-corrected chi connectivity index (χ3v) is 9.38. The van der Waals surface area contributed by atoms with Gasteiger partial charge in [0.15, 0.2) is 15.8 Å². The molecule has 1 fully saturated rings. The van der Waals surface area contributed by atoms with Gasteiger partial charge in [-0.15, -0.1) is 10.2 Å². The van der Waals surface area contributed by atoms with E-state index in [2.05, 4.69) is 57.1 Å². The van der Waals surface area contributed by atoms with Crippen LogP contribution in [0.2, 0.25) is 0 Å². The number of aliphatic hydroxyl groups excluding tert-OH is 1. The molecule has 3 aromatic carbocycles. The molecule has 1 amide bonds. The molecule has 0 spiro atoms. The molecule has 40 heavy (non-hydrogen) atoms. The molecule has 1 atom stereocenters. The number of ether oxygens (including phenoxy) is 2. The molecule has 202 valence electrons. The second-order valence-corrected chi connectivity index (χ2v) is 12.6. The minimum Gasteiger partial charge on any atom is -0.507 e. The first-order valence-corrected chi connectivity index (χ1v) is 15.3. The van der Waals surface area contributed by atoms with E-state index in [9.17, 15) is 14.7 Å². The molecule has 1 saturated heterocycles. The van der Waals surface area contributed by atoms with Crippen LogP contribution in [0.1, 0.15) is 28.3 Å². The number of rotatable bonds is 6. The molecular weight excluding hydrogens is 661 g/mol. The maximum absolute atomic E-state index is 13.5. The number of hydrogen-bond donors (Lipinski definition) is 1. The number of carbonyl (C=O) groups excluding carboxylic acids is 2. The van der Waals surface area contributed by atoms with Crippen LogP contribution in [-0.4, -0.2) is 40.2 Å². The number of hydrogen-bond acceptors (Lipinski definition) is 9. The highest BCUT2D eigenvalue weighted by Crippen LogP contribution is 2.45. The smallest absolute Gasteiger partial charge is 0.301 e. The number of benzene rings is 3. The lowest BCUT2D eigenvalue weighted by atomic mass is 9.95. The van der Waals surface area contributed by atoms with Crippen molar-refractivity contribution in [2.45, 2.75) is 23.1 Å². The maximum Gasteiger partial charge on any atom is 0.301 e. The minimum absolute atomic E-state index is 0.0213. The Morgan fingerprint density at radius 2 is 1.75 bits per heavy atom. The lowest BCUT2D eigenvalue weighted by Gasteiger charge is -2.23. The van der Waals surface area contributed by atoms with E-state index in [0.717, 1.165) is 9.13 Å². The van der Waals surface area contributed by atoms with Crippen molar-refractivity contribution in [1.82, 2.24) is 10.2 Å². The maximum atomic E-state index is 13.5. The number of amides is 1. The van der Waals surface area contributed by atoms with E-state index in [4.69, 9.17) is 9.47 Å². The number of aliphatic hydroxyl groups is 1. The van der Waals surface area contributed by atoms with Gasteiger partial charge in [0.25, 0.3) is 5.78 Å². The zero-order chi connectivity index (χ0) is 27.8. The van der Waals surface area contributed by atoms with Gasteiger partial charge in [0.1, 0.15) is 19.0 Å². The van der Waals surface area contributed by atoms with E-state index in [0.29, 0.717) is 51.1 Å². The van der Waals surface area contributed by atoms with Crippen LogP contribution in [0.3, 0.4) is 0 Å². The van der Waals surface area contributed by atoms with Crippen molar-refractivity contribution < 1.29 is 24.2 Å². The van der Waals surface area contributed by atoms with Gasteiger partial charge >= 0.3 is 5.91 Å². The Bertz CT molecular complexity index is 1640. The first-order valence-electron chi connectivity index (χ1n) is 12.4. The van der Waals surface area contributed by atoms with Gasteiger partial charge in [0.05, 0.1) is 11.6 Å². The number of ketones is 1. The number of carbonyl (C=O) groups is 2. The number of halogens is 1. The summed E-state index contributed by atoms with van der Waals surface area (Å²) in [7, 11) is 0. The van der Waals surface area contributed by atoms with Crippen molar-refractivity contribution in [2.75, 3.05) is 18.1 Å². The quantitative estimate of drug-likeness (QED) is 0.0646. The molecule has 1 aromatic heterocycles. The zero-order valence-corrected chi connectivity index (χ0v) is 25.0. The van der Waals surface area contributed by atoms with Crippen LogP contribution in [0.5, 0.6) is 11.5 Å². The number of anilines is 1. The van der Waals surface area contributed by atoms with E-state index < -0.39 is 17.7 Å². The summed E-state index contributed by atoms with van der Waals surface area (Å²) >= 11 is 4.94. The largest absolute Gasteiger partial charge is 0.507 e.